The normalized spacial score (nSPS) is 14.8. The van der Waals surface area contributed by atoms with Gasteiger partial charge < -0.3 is 15.0 Å². The third-order valence-corrected chi connectivity index (χ3v) is 6.70. The fourth-order valence-corrected chi connectivity index (χ4v) is 5.05. The van der Waals surface area contributed by atoms with Crippen molar-refractivity contribution in [3.05, 3.63) is 46.9 Å². The summed E-state index contributed by atoms with van der Waals surface area (Å²) in [6.45, 7) is 10.5. The van der Waals surface area contributed by atoms with E-state index >= 15 is 0 Å². The molecule has 0 bridgehead atoms. The van der Waals surface area contributed by atoms with Crippen molar-refractivity contribution in [2.24, 2.45) is 0 Å². The largest absolute Gasteiger partial charge is 0.444 e. The number of aromatic nitrogens is 3. The van der Waals surface area contributed by atoms with Crippen LogP contribution in [0.5, 0.6) is 0 Å². The molecule has 1 aliphatic heterocycles. The molecule has 0 unspecified atom stereocenters. The third-order valence-electron chi connectivity index (χ3n) is 5.84. The van der Waals surface area contributed by atoms with Gasteiger partial charge in [-0.15, -0.1) is 11.3 Å². The van der Waals surface area contributed by atoms with E-state index in [0.717, 1.165) is 29.7 Å². The number of carbonyl (C=O) groups is 2. The lowest BCUT2D eigenvalue weighted by Crippen LogP contribution is -2.41. The number of thiazole rings is 1. The summed E-state index contributed by atoms with van der Waals surface area (Å²) in [6, 6.07) is 6.16. The van der Waals surface area contributed by atoms with Crippen LogP contribution in [0.4, 0.5) is 9.18 Å². The number of piperidine rings is 1. The molecular weight excluding hydrogens is 481 g/mol. The summed E-state index contributed by atoms with van der Waals surface area (Å²) in [5.74, 6) is -0.448. The Hall–Kier alpha value is -3.27. The highest BCUT2D eigenvalue weighted by Gasteiger charge is 2.31. The molecule has 192 valence electrons. The molecule has 1 aromatic carbocycles. The fourth-order valence-electron chi connectivity index (χ4n) is 4.19. The lowest BCUT2D eigenvalue weighted by atomic mass is 9.90. The van der Waals surface area contributed by atoms with Crippen LogP contribution in [0.3, 0.4) is 0 Å². The predicted molar refractivity (Wildman–Crippen MR) is 137 cm³/mol. The van der Waals surface area contributed by atoms with Gasteiger partial charge in [0.05, 0.1) is 5.56 Å². The van der Waals surface area contributed by atoms with Crippen LogP contribution in [-0.4, -0.2) is 56.8 Å². The summed E-state index contributed by atoms with van der Waals surface area (Å²) in [6.07, 6.45) is 1.14. The zero-order valence-electron chi connectivity index (χ0n) is 21.2. The van der Waals surface area contributed by atoms with Crippen LogP contribution in [0.25, 0.3) is 21.8 Å². The van der Waals surface area contributed by atoms with Gasteiger partial charge in [0.1, 0.15) is 27.8 Å². The molecule has 36 heavy (non-hydrogen) atoms. The fraction of sp³-hybridized carbons (Fsp3) is 0.462. The molecule has 8 nitrogen and oxygen atoms in total. The molecule has 2 N–H and O–H groups in total. The number of rotatable bonds is 5. The third kappa shape index (κ3) is 5.92. The summed E-state index contributed by atoms with van der Waals surface area (Å²) in [7, 11) is 0. The summed E-state index contributed by atoms with van der Waals surface area (Å²) in [5.41, 5.74) is 2.93. The van der Waals surface area contributed by atoms with Gasteiger partial charge >= 0.3 is 6.09 Å². The SMILES string of the molecule is CC(C)NC(=O)c1csc(-c2c(-c3ccc(F)cc3)n[nH]c2C2CCN(C(=O)OC(C)(C)C)CC2)n1. The molecule has 10 heteroatoms. The highest BCUT2D eigenvalue weighted by atomic mass is 32.1. The van der Waals surface area contributed by atoms with Gasteiger partial charge in [-0.3, -0.25) is 9.89 Å². The average Bonchev–Trinajstić information content (AvgIpc) is 3.45. The van der Waals surface area contributed by atoms with Gasteiger partial charge in [-0.05, 0) is 71.7 Å². The molecule has 2 aromatic heterocycles. The van der Waals surface area contributed by atoms with Crippen LogP contribution in [0.1, 0.15) is 69.6 Å². The van der Waals surface area contributed by atoms with E-state index in [2.05, 4.69) is 20.5 Å². The Balaban J connectivity index is 1.64. The minimum Gasteiger partial charge on any atom is -0.444 e. The van der Waals surface area contributed by atoms with Gasteiger partial charge in [0.15, 0.2) is 0 Å². The molecule has 1 fully saturated rings. The molecule has 2 amide bonds. The molecule has 0 spiro atoms. The van der Waals surface area contributed by atoms with Crippen molar-refractivity contribution < 1.29 is 18.7 Å². The van der Waals surface area contributed by atoms with Crippen LogP contribution >= 0.6 is 11.3 Å². The van der Waals surface area contributed by atoms with E-state index < -0.39 is 5.60 Å². The molecule has 1 aliphatic rings. The first-order valence-electron chi connectivity index (χ1n) is 12.1. The Labute approximate surface area is 214 Å². The van der Waals surface area contributed by atoms with Crippen molar-refractivity contribution in [2.75, 3.05) is 13.1 Å². The standard InChI is InChI=1S/C26H32FN5O3S/c1-15(2)28-23(33)19-14-36-24(29-19)20-21(16-6-8-18(27)9-7-16)30-31-22(20)17-10-12-32(13-11-17)25(34)35-26(3,4)5/h6-9,14-15,17H,10-13H2,1-5H3,(H,28,33)(H,30,31). The zero-order chi connectivity index (χ0) is 26.0. The van der Waals surface area contributed by atoms with E-state index in [1.54, 1.807) is 22.4 Å². The average molecular weight is 514 g/mol. The van der Waals surface area contributed by atoms with Crippen LogP contribution in [-0.2, 0) is 4.74 Å². The second-order valence-electron chi connectivity index (χ2n) is 10.3. The van der Waals surface area contributed by atoms with E-state index in [1.807, 2.05) is 34.6 Å². The number of carbonyl (C=O) groups excluding carboxylic acids is 2. The lowest BCUT2D eigenvalue weighted by Gasteiger charge is -2.33. The zero-order valence-corrected chi connectivity index (χ0v) is 22.0. The highest BCUT2D eigenvalue weighted by molar-refractivity contribution is 7.13. The molecule has 0 atom stereocenters. The molecular formula is C26H32FN5O3S. The summed E-state index contributed by atoms with van der Waals surface area (Å²) in [4.78, 5) is 31.4. The summed E-state index contributed by atoms with van der Waals surface area (Å²) < 4.78 is 19.1. The Kier molecular flexibility index (Phi) is 7.44. The quantitative estimate of drug-likeness (QED) is 0.463. The number of nitrogens with zero attached hydrogens (tertiary/aromatic N) is 3. The van der Waals surface area contributed by atoms with Gasteiger partial charge in [0.25, 0.3) is 5.91 Å². The maximum atomic E-state index is 13.6. The highest BCUT2D eigenvalue weighted by Crippen LogP contribution is 2.41. The minimum absolute atomic E-state index is 0.00271. The second-order valence-corrected chi connectivity index (χ2v) is 11.1. The lowest BCUT2D eigenvalue weighted by molar-refractivity contribution is 0.0204. The number of amides is 2. The monoisotopic (exact) mass is 513 g/mol. The molecule has 3 aromatic rings. The summed E-state index contributed by atoms with van der Waals surface area (Å²) >= 11 is 1.37. The van der Waals surface area contributed by atoms with E-state index in [1.165, 1.54) is 23.5 Å². The number of H-pyrrole nitrogens is 1. The van der Waals surface area contributed by atoms with Crippen LogP contribution in [0.15, 0.2) is 29.6 Å². The topological polar surface area (TPSA) is 100 Å². The maximum Gasteiger partial charge on any atom is 0.410 e. The number of benzene rings is 1. The Morgan fingerprint density at radius 2 is 1.86 bits per heavy atom. The van der Waals surface area contributed by atoms with E-state index in [9.17, 15) is 14.0 Å². The van der Waals surface area contributed by atoms with E-state index in [4.69, 9.17) is 4.74 Å². The number of hydrogen-bond acceptors (Lipinski definition) is 6. The van der Waals surface area contributed by atoms with Gasteiger partial charge in [0.2, 0.25) is 0 Å². The molecule has 3 heterocycles. The van der Waals surface area contributed by atoms with Crippen molar-refractivity contribution in [3.63, 3.8) is 0 Å². The first-order valence-corrected chi connectivity index (χ1v) is 13.0. The van der Waals surface area contributed by atoms with Gasteiger partial charge in [0, 0.05) is 41.7 Å². The number of halogens is 1. The molecule has 0 aliphatic carbocycles. The number of likely N-dealkylation sites (tertiary alicyclic amines) is 1. The Morgan fingerprint density at radius 3 is 2.47 bits per heavy atom. The van der Waals surface area contributed by atoms with Gasteiger partial charge in [-0.1, -0.05) is 0 Å². The summed E-state index contributed by atoms with van der Waals surface area (Å²) in [5, 5.41) is 13.1. The molecule has 0 saturated carbocycles. The van der Waals surface area contributed by atoms with Crippen LogP contribution in [0.2, 0.25) is 0 Å². The van der Waals surface area contributed by atoms with Crippen LogP contribution < -0.4 is 5.32 Å². The maximum absolute atomic E-state index is 13.6. The molecule has 1 saturated heterocycles. The smallest absolute Gasteiger partial charge is 0.410 e. The van der Waals surface area contributed by atoms with Crippen molar-refractivity contribution in [1.29, 1.82) is 0 Å². The van der Waals surface area contributed by atoms with Gasteiger partial charge in [-0.25, -0.2) is 14.2 Å². The van der Waals surface area contributed by atoms with Gasteiger partial charge in [-0.2, -0.15) is 5.10 Å². The van der Waals surface area contributed by atoms with E-state index in [0.29, 0.717) is 29.5 Å². The van der Waals surface area contributed by atoms with E-state index in [-0.39, 0.29) is 29.8 Å². The van der Waals surface area contributed by atoms with Crippen molar-refractivity contribution >= 4 is 23.3 Å². The predicted octanol–water partition coefficient (Wildman–Crippen LogP) is 5.59. The van der Waals surface area contributed by atoms with Crippen molar-refractivity contribution in [3.8, 4) is 21.8 Å². The molecule has 4 rings (SSSR count). The molecule has 0 radical (unpaired) electrons. The first-order chi connectivity index (χ1) is 17.0. The Bertz CT molecular complexity index is 1220. The minimum atomic E-state index is -0.543. The first kappa shape index (κ1) is 25.8. The Morgan fingerprint density at radius 1 is 1.19 bits per heavy atom. The van der Waals surface area contributed by atoms with Crippen LogP contribution in [0, 0.1) is 5.82 Å². The number of aromatic amines is 1. The number of hydrogen-bond donors (Lipinski definition) is 2. The van der Waals surface area contributed by atoms with Crippen molar-refractivity contribution in [1.82, 2.24) is 25.4 Å². The van der Waals surface area contributed by atoms with Crippen molar-refractivity contribution in [2.45, 2.75) is 65.0 Å². The number of nitrogens with one attached hydrogen (secondary N) is 2. The second kappa shape index (κ2) is 10.4. The number of ether oxygens (including phenoxy) is 1.